The Balaban J connectivity index is 2.89. The van der Waals surface area contributed by atoms with E-state index in [0.717, 1.165) is 29.1 Å². The maximum absolute atomic E-state index is 12.7. The molecule has 0 N–H and O–H groups in total. The van der Waals surface area contributed by atoms with E-state index in [1.807, 2.05) is 51.0 Å². The number of nitrogens with zero attached hydrogens (tertiary/aromatic N) is 3. The normalized spacial score (nSPS) is 12.9. The minimum atomic E-state index is -5.76. The maximum Gasteiger partial charge on any atom is 0.434 e. The van der Waals surface area contributed by atoms with Crippen LogP contribution in [0.3, 0.4) is 0 Å². The molecule has 1 rings (SSSR count). The molecule has 0 atom stereocenters. The standard InChI is InChI=1S/C23H34ClF6N3O2/c1-7-13-31(5)17-11-9-10-16(18(17)24)15-32(6)21(3,4)12-14-33(8-2)20(34)35-19(22(25,26)27)23(28,29)30/h9-11,19H,7-8,12-15H2,1-6H3. The second kappa shape index (κ2) is 12.4. The van der Waals surface area contributed by atoms with E-state index in [4.69, 9.17) is 11.6 Å². The number of ether oxygens (including phenoxy) is 1. The van der Waals surface area contributed by atoms with Gasteiger partial charge < -0.3 is 14.5 Å². The lowest BCUT2D eigenvalue weighted by Crippen LogP contribution is -2.49. The molecule has 0 aliphatic heterocycles. The Kier molecular flexibility index (Phi) is 11.0. The van der Waals surface area contributed by atoms with Gasteiger partial charge in [-0.2, -0.15) is 26.3 Å². The lowest BCUT2D eigenvalue weighted by atomic mass is 9.97. The van der Waals surface area contributed by atoms with Crippen molar-refractivity contribution in [2.24, 2.45) is 0 Å². The Morgan fingerprint density at radius 3 is 2.09 bits per heavy atom. The molecule has 0 saturated heterocycles. The fraction of sp³-hybridized carbons (Fsp3) is 0.696. The summed E-state index contributed by atoms with van der Waals surface area (Å²) in [6.45, 7) is 8.31. The van der Waals surface area contributed by atoms with Crippen molar-refractivity contribution in [2.45, 2.75) is 71.1 Å². The first-order chi connectivity index (χ1) is 16.0. The van der Waals surface area contributed by atoms with Gasteiger partial charge in [0.2, 0.25) is 0 Å². The first-order valence-corrected chi connectivity index (χ1v) is 11.6. The number of hydrogen-bond acceptors (Lipinski definition) is 4. The molecule has 0 heterocycles. The average Bonchev–Trinajstić information content (AvgIpc) is 2.72. The molecule has 202 valence electrons. The smallest absolute Gasteiger partial charge is 0.426 e. The van der Waals surface area contributed by atoms with Gasteiger partial charge in [0, 0.05) is 38.8 Å². The highest BCUT2D eigenvalue weighted by atomic mass is 35.5. The summed E-state index contributed by atoms with van der Waals surface area (Å²) in [5.74, 6) is 0. The fourth-order valence-electron chi connectivity index (χ4n) is 3.38. The summed E-state index contributed by atoms with van der Waals surface area (Å²) in [6.07, 6.45) is -16.1. The summed E-state index contributed by atoms with van der Waals surface area (Å²) in [7, 11) is 3.78. The van der Waals surface area contributed by atoms with Gasteiger partial charge in [-0.3, -0.25) is 4.90 Å². The molecule has 0 saturated carbocycles. The van der Waals surface area contributed by atoms with Gasteiger partial charge >= 0.3 is 18.4 Å². The topological polar surface area (TPSA) is 36.0 Å². The van der Waals surface area contributed by atoms with Crippen molar-refractivity contribution in [2.75, 3.05) is 38.6 Å². The number of benzene rings is 1. The zero-order valence-electron chi connectivity index (χ0n) is 20.9. The van der Waals surface area contributed by atoms with Crippen LogP contribution in [0.5, 0.6) is 0 Å². The van der Waals surface area contributed by atoms with Crippen LogP contribution < -0.4 is 4.90 Å². The van der Waals surface area contributed by atoms with Crippen molar-refractivity contribution < 1.29 is 35.9 Å². The van der Waals surface area contributed by atoms with Crippen LogP contribution in [0.4, 0.5) is 36.8 Å². The molecule has 0 aliphatic carbocycles. The SMILES string of the molecule is CCCN(C)c1cccc(CN(C)C(C)(C)CCN(CC)C(=O)OC(C(F)(F)F)C(F)(F)F)c1Cl. The van der Waals surface area contributed by atoms with Crippen LogP contribution in [-0.4, -0.2) is 73.6 Å². The van der Waals surface area contributed by atoms with E-state index in [2.05, 4.69) is 16.6 Å². The van der Waals surface area contributed by atoms with Crippen LogP contribution >= 0.6 is 11.6 Å². The predicted molar refractivity (Wildman–Crippen MR) is 125 cm³/mol. The van der Waals surface area contributed by atoms with Gasteiger partial charge in [0.15, 0.2) is 0 Å². The van der Waals surface area contributed by atoms with E-state index in [9.17, 15) is 31.1 Å². The maximum atomic E-state index is 12.7. The lowest BCUT2D eigenvalue weighted by Gasteiger charge is -2.38. The Labute approximate surface area is 207 Å². The molecule has 0 unspecified atom stereocenters. The van der Waals surface area contributed by atoms with Crippen LogP contribution in [0.15, 0.2) is 18.2 Å². The van der Waals surface area contributed by atoms with E-state index in [0.29, 0.717) is 11.6 Å². The number of halogens is 7. The first kappa shape index (κ1) is 31.2. The molecule has 1 aromatic rings. The third-order valence-electron chi connectivity index (χ3n) is 5.92. The highest BCUT2D eigenvalue weighted by Gasteiger charge is 2.60. The van der Waals surface area contributed by atoms with Crippen LogP contribution in [0.25, 0.3) is 0 Å². The van der Waals surface area contributed by atoms with E-state index in [1.54, 1.807) is 0 Å². The Bertz CT molecular complexity index is 818. The highest BCUT2D eigenvalue weighted by Crippen LogP contribution is 2.36. The van der Waals surface area contributed by atoms with Gasteiger partial charge in [-0.1, -0.05) is 30.7 Å². The van der Waals surface area contributed by atoms with Crippen LogP contribution in [0.2, 0.25) is 5.02 Å². The number of hydrogen-bond donors (Lipinski definition) is 0. The van der Waals surface area contributed by atoms with Crippen molar-refractivity contribution in [1.82, 2.24) is 9.80 Å². The molecular formula is C23H34ClF6N3O2. The Morgan fingerprint density at radius 2 is 1.60 bits per heavy atom. The van der Waals surface area contributed by atoms with E-state index >= 15 is 0 Å². The van der Waals surface area contributed by atoms with Crippen LogP contribution in [0, 0.1) is 0 Å². The third kappa shape index (κ3) is 8.93. The average molecular weight is 534 g/mol. The summed E-state index contributed by atoms with van der Waals surface area (Å²) < 4.78 is 80.3. The van der Waals surface area contributed by atoms with Crippen molar-refractivity contribution in [1.29, 1.82) is 0 Å². The number of alkyl halides is 6. The Hall–Kier alpha value is -1.88. The summed E-state index contributed by atoms with van der Waals surface area (Å²) >= 11 is 6.63. The molecule has 5 nitrogen and oxygen atoms in total. The highest BCUT2D eigenvalue weighted by molar-refractivity contribution is 6.34. The molecule has 35 heavy (non-hydrogen) atoms. The van der Waals surface area contributed by atoms with E-state index in [1.165, 1.54) is 6.92 Å². The van der Waals surface area contributed by atoms with Crippen molar-refractivity contribution >= 4 is 23.4 Å². The van der Waals surface area contributed by atoms with Crippen molar-refractivity contribution in [3.8, 4) is 0 Å². The first-order valence-electron chi connectivity index (χ1n) is 11.2. The van der Waals surface area contributed by atoms with Gasteiger partial charge in [0.05, 0.1) is 10.7 Å². The minimum Gasteiger partial charge on any atom is -0.426 e. The predicted octanol–water partition coefficient (Wildman–Crippen LogP) is 6.74. The van der Waals surface area contributed by atoms with Crippen molar-refractivity contribution in [3.63, 3.8) is 0 Å². The van der Waals surface area contributed by atoms with Crippen LogP contribution in [-0.2, 0) is 11.3 Å². The minimum absolute atomic E-state index is 0.0951. The van der Waals surface area contributed by atoms with E-state index < -0.39 is 30.1 Å². The van der Waals surface area contributed by atoms with Crippen LogP contribution in [0.1, 0.15) is 46.1 Å². The monoisotopic (exact) mass is 533 g/mol. The molecule has 0 spiro atoms. The number of anilines is 1. The molecule has 12 heteroatoms. The molecule has 0 radical (unpaired) electrons. The third-order valence-corrected chi connectivity index (χ3v) is 6.35. The summed E-state index contributed by atoms with van der Waals surface area (Å²) in [5.41, 5.74) is 1.18. The quantitative estimate of drug-likeness (QED) is 0.295. The summed E-state index contributed by atoms with van der Waals surface area (Å²) in [4.78, 5) is 17.0. The summed E-state index contributed by atoms with van der Waals surface area (Å²) in [5, 5.41) is 0.607. The molecule has 0 aliphatic rings. The second-order valence-electron chi connectivity index (χ2n) is 9.02. The number of rotatable bonds is 11. The van der Waals surface area contributed by atoms with E-state index in [-0.39, 0.29) is 19.5 Å². The molecule has 1 amide bonds. The molecule has 1 aromatic carbocycles. The fourth-order valence-corrected chi connectivity index (χ4v) is 3.71. The second-order valence-corrected chi connectivity index (χ2v) is 9.39. The zero-order chi connectivity index (χ0) is 27.2. The number of carbonyl (C=O) groups excluding carboxylic acids is 1. The van der Waals surface area contributed by atoms with Gasteiger partial charge in [-0.05, 0) is 52.3 Å². The number of amides is 1. The molecular weight excluding hydrogens is 500 g/mol. The largest absolute Gasteiger partial charge is 0.434 e. The Morgan fingerprint density at radius 1 is 1.03 bits per heavy atom. The summed E-state index contributed by atoms with van der Waals surface area (Å²) in [6, 6.07) is 5.71. The molecule has 0 aromatic heterocycles. The van der Waals surface area contributed by atoms with Crippen molar-refractivity contribution in [3.05, 3.63) is 28.8 Å². The van der Waals surface area contributed by atoms with Gasteiger partial charge in [0.25, 0.3) is 6.10 Å². The van der Waals surface area contributed by atoms with Gasteiger partial charge in [-0.25, -0.2) is 4.79 Å². The molecule has 0 fully saturated rings. The van der Waals surface area contributed by atoms with Gasteiger partial charge in [0.1, 0.15) is 0 Å². The lowest BCUT2D eigenvalue weighted by molar-refractivity contribution is -0.308. The van der Waals surface area contributed by atoms with Gasteiger partial charge in [-0.15, -0.1) is 0 Å². The molecule has 0 bridgehead atoms. The number of carbonyl (C=O) groups is 1. The zero-order valence-corrected chi connectivity index (χ0v) is 21.6.